The zero-order valence-corrected chi connectivity index (χ0v) is 8.66. The van der Waals surface area contributed by atoms with Crippen LogP contribution in [0.1, 0.15) is 26.2 Å². The van der Waals surface area contributed by atoms with E-state index in [4.69, 9.17) is 15.2 Å². The van der Waals surface area contributed by atoms with E-state index >= 15 is 0 Å². The van der Waals surface area contributed by atoms with E-state index in [0.717, 1.165) is 32.5 Å². The van der Waals surface area contributed by atoms with Crippen LogP contribution in [0.15, 0.2) is 0 Å². The smallest absolute Gasteiger partial charge is 0.0725 e. The monoisotopic (exact) mass is 187 g/mol. The predicted molar refractivity (Wildman–Crippen MR) is 52.6 cm³/mol. The molecule has 1 aliphatic heterocycles. The minimum absolute atomic E-state index is 0.146. The fourth-order valence-electron chi connectivity index (χ4n) is 1.91. The molecule has 0 saturated carbocycles. The Kier molecular flexibility index (Phi) is 4.70. The molecule has 0 aromatic heterocycles. The van der Waals surface area contributed by atoms with Crippen molar-refractivity contribution in [2.75, 3.05) is 20.3 Å². The zero-order chi connectivity index (χ0) is 9.68. The lowest BCUT2D eigenvalue weighted by Crippen LogP contribution is -2.42. The Labute approximate surface area is 80.6 Å². The Bertz CT molecular complexity index is 135. The normalized spacial score (nSPS) is 27.5. The van der Waals surface area contributed by atoms with E-state index in [-0.39, 0.29) is 12.1 Å². The van der Waals surface area contributed by atoms with Crippen LogP contribution in [0.3, 0.4) is 0 Å². The maximum Gasteiger partial charge on any atom is 0.0725 e. The minimum Gasteiger partial charge on any atom is -0.381 e. The van der Waals surface area contributed by atoms with Crippen molar-refractivity contribution in [3.8, 4) is 0 Å². The van der Waals surface area contributed by atoms with Crippen LogP contribution in [0.5, 0.6) is 0 Å². The Morgan fingerprint density at radius 2 is 2.38 bits per heavy atom. The lowest BCUT2D eigenvalue weighted by atomic mass is 9.93. The molecule has 0 bridgehead atoms. The van der Waals surface area contributed by atoms with Crippen molar-refractivity contribution in [3.63, 3.8) is 0 Å². The van der Waals surface area contributed by atoms with Gasteiger partial charge in [0.25, 0.3) is 0 Å². The first-order chi connectivity index (χ1) is 6.29. The van der Waals surface area contributed by atoms with Gasteiger partial charge in [0.05, 0.1) is 12.7 Å². The lowest BCUT2D eigenvalue weighted by Gasteiger charge is -2.26. The summed E-state index contributed by atoms with van der Waals surface area (Å²) in [6.45, 7) is 3.83. The van der Waals surface area contributed by atoms with Crippen LogP contribution in [0.4, 0.5) is 0 Å². The Hall–Kier alpha value is -0.120. The number of hydrogen-bond donors (Lipinski definition) is 1. The van der Waals surface area contributed by atoms with Crippen molar-refractivity contribution in [2.45, 2.75) is 38.3 Å². The largest absolute Gasteiger partial charge is 0.381 e. The second-order valence-electron chi connectivity index (χ2n) is 3.76. The van der Waals surface area contributed by atoms with Crippen molar-refractivity contribution >= 4 is 0 Å². The maximum absolute atomic E-state index is 6.11. The number of methoxy groups -OCH3 is 1. The molecule has 0 aromatic carbocycles. The molecule has 0 aliphatic carbocycles. The highest BCUT2D eigenvalue weighted by Gasteiger charge is 2.28. The van der Waals surface area contributed by atoms with E-state index in [0.29, 0.717) is 5.92 Å². The fourth-order valence-corrected chi connectivity index (χ4v) is 1.91. The third-order valence-electron chi connectivity index (χ3n) is 2.81. The van der Waals surface area contributed by atoms with Gasteiger partial charge in [-0.15, -0.1) is 0 Å². The van der Waals surface area contributed by atoms with Crippen LogP contribution < -0.4 is 5.73 Å². The van der Waals surface area contributed by atoms with Crippen molar-refractivity contribution in [2.24, 2.45) is 11.7 Å². The van der Waals surface area contributed by atoms with Crippen LogP contribution in [-0.2, 0) is 9.47 Å². The van der Waals surface area contributed by atoms with E-state index in [2.05, 4.69) is 6.92 Å². The average molecular weight is 187 g/mol. The predicted octanol–water partition coefficient (Wildman–Crippen LogP) is 1.17. The summed E-state index contributed by atoms with van der Waals surface area (Å²) in [5, 5.41) is 0. The van der Waals surface area contributed by atoms with Crippen molar-refractivity contribution in [1.82, 2.24) is 0 Å². The van der Waals surface area contributed by atoms with Crippen LogP contribution >= 0.6 is 0 Å². The van der Waals surface area contributed by atoms with Gasteiger partial charge in [-0.1, -0.05) is 13.3 Å². The van der Waals surface area contributed by atoms with Gasteiger partial charge in [0.2, 0.25) is 0 Å². The molecule has 1 heterocycles. The summed E-state index contributed by atoms with van der Waals surface area (Å²) in [5.41, 5.74) is 6.11. The van der Waals surface area contributed by atoms with Crippen molar-refractivity contribution in [3.05, 3.63) is 0 Å². The summed E-state index contributed by atoms with van der Waals surface area (Å²) in [4.78, 5) is 0. The van der Waals surface area contributed by atoms with Crippen LogP contribution in [-0.4, -0.2) is 32.5 Å². The summed E-state index contributed by atoms with van der Waals surface area (Å²) in [6, 6.07) is 0.146. The molecule has 0 spiro atoms. The van der Waals surface area contributed by atoms with E-state index < -0.39 is 0 Å². The molecule has 3 nitrogen and oxygen atoms in total. The van der Waals surface area contributed by atoms with Crippen molar-refractivity contribution in [1.29, 1.82) is 0 Å². The standard InChI is InChI=1S/C10H21NO2/c1-3-4-9(12-2)10(11)8-5-6-13-7-8/h8-10H,3-7,11H2,1-2H3. The number of nitrogens with two attached hydrogens (primary N) is 1. The molecule has 0 amide bonds. The third kappa shape index (κ3) is 2.93. The number of hydrogen-bond acceptors (Lipinski definition) is 3. The zero-order valence-electron chi connectivity index (χ0n) is 8.66. The first-order valence-corrected chi connectivity index (χ1v) is 5.15. The minimum atomic E-state index is 0.146. The molecule has 0 aromatic rings. The molecular weight excluding hydrogens is 166 g/mol. The molecule has 1 aliphatic rings. The van der Waals surface area contributed by atoms with E-state index in [9.17, 15) is 0 Å². The van der Waals surface area contributed by atoms with Crippen molar-refractivity contribution < 1.29 is 9.47 Å². The number of rotatable bonds is 5. The Morgan fingerprint density at radius 3 is 2.85 bits per heavy atom. The Balaban J connectivity index is 2.37. The average Bonchev–Trinajstić information content (AvgIpc) is 2.65. The van der Waals surface area contributed by atoms with Gasteiger partial charge in [-0.05, 0) is 12.8 Å². The third-order valence-corrected chi connectivity index (χ3v) is 2.81. The van der Waals surface area contributed by atoms with Gasteiger partial charge in [-0.25, -0.2) is 0 Å². The highest BCUT2D eigenvalue weighted by Crippen LogP contribution is 2.20. The first-order valence-electron chi connectivity index (χ1n) is 5.15. The molecule has 0 radical (unpaired) electrons. The molecular formula is C10H21NO2. The summed E-state index contributed by atoms with van der Waals surface area (Å²) >= 11 is 0. The van der Waals surface area contributed by atoms with Gasteiger partial charge < -0.3 is 15.2 Å². The van der Waals surface area contributed by atoms with Gasteiger partial charge >= 0.3 is 0 Å². The van der Waals surface area contributed by atoms with Gasteiger partial charge in [0.1, 0.15) is 0 Å². The number of ether oxygens (including phenoxy) is 2. The summed E-state index contributed by atoms with van der Waals surface area (Å²) in [6.07, 6.45) is 3.47. The van der Waals surface area contributed by atoms with Gasteiger partial charge in [-0.2, -0.15) is 0 Å². The molecule has 3 unspecified atom stereocenters. The summed E-state index contributed by atoms with van der Waals surface area (Å²) in [7, 11) is 1.75. The van der Waals surface area contributed by atoms with E-state index in [1.165, 1.54) is 0 Å². The molecule has 1 fully saturated rings. The molecule has 3 heteroatoms. The van der Waals surface area contributed by atoms with E-state index in [1.54, 1.807) is 7.11 Å². The molecule has 1 rings (SSSR count). The molecule has 1 saturated heterocycles. The quantitative estimate of drug-likeness (QED) is 0.702. The second kappa shape index (κ2) is 5.58. The SMILES string of the molecule is CCCC(OC)C(N)C1CCOC1. The van der Waals surface area contributed by atoms with Gasteiger partial charge in [-0.3, -0.25) is 0 Å². The highest BCUT2D eigenvalue weighted by molar-refractivity contribution is 4.82. The van der Waals surface area contributed by atoms with Gasteiger partial charge in [0, 0.05) is 25.7 Å². The Morgan fingerprint density at radius 1 is 1.62 bits per heavy atom. The molecule has 2 N–H and O–H groups in total. The lowest BCUT2D eigenvalue weighted by molar-refractivity contribution is 0.0512. The fraction of sp³-hybridized carbons (Fsp3) is 1.00. The van der Waals surface area contributed by atoms with Crippen LogP contribution in [0, 0.1) is 5.92 Å². The van der Waals surface area contributed by atoms with Crippen LogP contribution in [0.2, 0.25) is 0 Å². The summed E-state index contributed by atoms with van der Waals surface area (Å²) < 4.78 is 10.7. The second-order valence-corrected chi connectivity index (χ2v) is 3.76. The molecule has 78 valence electrons. The topological polar surface area (TPSA) is 44.5 Å². The maximum atomic E-state index is 6.11. The summed E-state index contributed by atoms with van der Waals surface area (Å²) in [5.74, 6) is 0.497. The highest BCUT2D eigenvalue weighted by atomic mass is 16.5. The van der Waals surface area contributed by atoms with E-state index in [1.807, 2.05) is 0 Å². The first kappa shape index (κ1) is 11.0. The molecule has 3 atom stereocenters. The van der Waals surface area contributed by atoms with Crippen LogP contribution in [0.25, 0.3) is 0 Å². The van der Waals surface area contributed by atoms with Gasteiger partial charge in [0.15, 0.2) is 0 Å². The molecule has 13 heavy (non-hydrogen) atoms.